The van der Waals surface area contributed by atoms with Crippen LogP contribution >= 0.6 is 0 Å². The third-order valence-corrected chi connectivity index (χ3v) is 2.36. The van der Waals surface area contributed by atoms with Crippen LogP contribution in [0.25, 0.3) is 0 Å². The first-order valence-electron chi connectivity index (χ1n) is 5.48. The standard InChI is InChI=1S/C12H20FN3O/c1-8(7-16(2)3)15-11-6-12(17-4)9(13)5-10(11)14/h5-6,8,15H,7,14H2,1-4H3. The van der Waals surface area contributed by atoms with Gasteiger partial charge in [-0.05, 0) is 21.0 Å². The van der Waals surface area contributed by atoms with Gasteiger partial charge in [0.25, 0.3) is 0 Å². The fraction of sp³-hybridized carbons (Fsp3) is 0.500. The Balaban J connectivity index is 2.83. The Morgan fingerprint density at radius 2 is 2.12 bits per heavy atom. The van der Waals surface area contributed by atoms with Gasteiger partial charge in [0, 0.05) is 24.7 Å². The molecular formula is C12H20FN3O. The molecule has 4 nitrogen and oxygen atoms in total. The van der Waals surface area contributed by atoms with E-state index in [1.54, 1.807) is 6.07 Å². The van der Waals surface area contributed by atoms with E-state index in [4.69, 9.17) is 10.5 Å². The average Bonchev–Trinajstić information content (AvgIpc) is 2.20. The van der Waals surface area contributed by atoms with Crippen molar-refractivity contribution in [2.75, 3.05) is 38.8 Å². The molecule has 0 aromatic heterocycles. The quantitative estimate of drug-likeness (QED) is 0.772. The molecule has 0 amide bonds. The molecule has 0 aliphatic carbocycles. The summed E-state index contributed by atoms with van der Waals surface area (Å²) >= 11 is 0. The third-order valence-electron chi connectivity index (χ3n) is 2.36. The molecule has 0 saturated heterocycles. The van der Waals surface area contributed by atoms with Crippen LogP contribution in [0.15, 0.2) is 12.1 Å². The molecule has 5 heteroatoms. The number of anilines is 2. The number of hydrogen-bond donors (Lipinski definition) is 2. The van der Waals surface area contributed by atoms with Gasteiger partial charge in [-0.25, -0.2) is 4.39 Å². The van der Waals surface area contributed by atoms with E-state index in [1.165, 1.54) is 13.2 Å². The Bertz CT molecular complexity index is 382. The number of benzene rings is 1. The van der Waals surface area contributed by atoms with Crippen molar-refractivity contribution in [1.29, 1.82) is 0 Å². The van der Waals surface area contributed by atoms with Gasteiger partial charge in [0.1, 0.15) is 0 Å². The van der Waals surface area contributed by atoms with Crippen molar-refractivity contribution in [2.45, 2.75) is 13.0 Å². The number of nitrogens with zero attached hydrogens (tertiary/aromatic N) is 1. The molecule has 1 aromatic rings. The second-order valence-corrected chi connectivity index (χ2v) is 4.38. The first-order valence-corrected chi connectivity index (χ1v) is 5.48. The summed E-state index contributed by atoms with van der Waals surface area (Å²) in [5, 5.41) is 3.23. The summed E-state index contributed by atoms with van der Waals surface area (Å²) in [5.41, 5.74) is 6.83. The minimum atomic E-state index is -0.448. The molecule has 3 N–H and O–H groups in total. The first-order chi connectivity index (χ1) is 7.93. The number of ether oxygens (including phenoxy) is 1. The van der Waals surface area contributed by atoms with Crippen LogP contribution in [0.3, 0.4) is 0 Å². The topological polar surface area (TPSA) is 50.5 Å². The molecule has 1 rings (SSSR count). The molecule has 0 radical (unpaired) electrons. The first kappa shape index (κ1) is 13.6. The molecule has 17 heavy (non-hydrogen) atoms. The van der Waals surface area contributed by atoms with E-state index in [9.17, 15) is 4.39 Å². The number of likely N-dealkylation sites (N-methyl/N-ethyl adjacent to an activating group) is 1. The molecule has 96 valence electrons. The summed E-state index contributed by atoms with van der Waals surface area (Å²) in [7, 11) is 5.42. The van der Waals surface area contributed by atoms with Crippen molar-refractivity contribution in [3.63, 3.8) is 0 Å². The summed E-state index contributed by atoms with van der Waals surface area (Å²) < 4.78 is 18.3. The molecule has 0 spiro atoms. The zero-order valence-corrected chi connectivity index (χ0v) is 10.7. The van der Waals surface area contributed by atoms with Crippen LogP contribution in [0.2, 0.25) is 0 Å². The molecule has 1 aromatic carbocycles. The highest BCUT2D eigenvalue weighted by Crippen LogP contribution is 2.28. The van der Waals surface area contributed by atoms with Gasteiger partial charge in [-0.1, -0.05) is 0 Å². The second kappa shape index (κ2) is 5.72. The molecule has 0 saturated carbocycles. The van der Waals surface area contributed by atoms with E-state index in [1.807, 2.05) is 21.0 Å². The summed E-state index contributed by atoms with van der Waals surface area (Å²) in [5.74, 6) is -0.255. The summed E-state index contributed by atoms with van der Waals surface area (Å²) in [6.07, 6.45) is 0. The fourth-order valence-corrected chi connectivity index (χ4v) is 1.71. The minimum absolute atomic E-state index is 0.193. The minimum Gasteiger partial charge on any atom is -0.494 e. The smallest absolute Gasteiger partial charge is 0.167 e. The lowest BCUT2D eigenvalue weighted by Crippen LogP contribution is -2.29. The number of methoxy groups -OCH3 is 1. The number of hydrogen-bond acceptors (Lipinski definition) is 4. The van der Waals surface area contributed by atoms with Crippen LogP contribution in [0, 0.1) is 5.82 Å². The Morgan fingerprint density at radius 3 is 2.65 bits per heavy atom. The third kappa shape index (κ3) is 3.78. The maximum atomic E-state index is 13.3. The lowest BCUT2D eigenvalue weighted by Gasteiger charge is -2.20. The average molecular weight is 241 g/mol. The number of nitrogens with one attached hydrogen (secondary N) is 1. The molecule has 0 aliphatic heterocycles. The van der Waals surface area contributed by atoms with Gasteiger partial charge in [-0.3, -0.25) is 0 Å². The van der Waals surface area contributed by atoms with Gasteiger partial charge >= 0.3 is 0 Å². The van der Waals surface area contributed by atoms with E-state index in [-0.39, 0.29) is 11.8 Å². The van der Waals surface area contributed by atoms with Crippen molar-refractivity contribution >= 4 is 11.4 Å². The van der Waals surface area contributed by atoms with Crippen LogP contribution in [0.5, 0.6) is 5.75 Å². The lowest BCUT2D eigenvalue weighted by atomic mass is 10.2. The maximum absolute atomic E-state index is 13.3. The van der Waals surface area contributed by atoms with Gasteiger partial charge in [-0.15, -0.1) is 0 Å². The highest BCUT2D eigenvalue weighted by atomic mass is 19.1. The van der Waals surface area contributed by atoms with Crippen LogP contribution < -0.4 is 15.8 Å². The molecule has 0 aliphatic rings. The summed E-state index contributed by atoms with van der Waals surface area (Å²) in [6, 6.07) is 3.06. The van der Waals surface area contributed by atoms with E-state index in [0.29, 0.717) is 11.4 Å². The largest absolute Gasteiger partial charge is 0.494 e. The van der Waals surface area contributed by atoms with E-state index in [2.05, 4.69) is 10.2 Å². The van der Waals surface area contributed by atoms with Crippen molar-refractivity contribution in [3.8, 4) is 5.75 Å². The van der Waals surface area contributed by atoms with Crippen molar-refractivity contribution in [1.82, 2.24) is 4.90 Å². The van der Waals surface area contributed by atoms with E-state index in [0.717, 1.165) is 6.54 Å². The van der Waals surface area contributed by atoms with E-state index >= 15 is 0 Å². The highest BCUT2D eigenvalue weighted by molar-refractivity contribution is 5.68. The molecule has 0 bridgehead atoms. The Morgan fingerprint density at radius 1 is 1.47 bits per heavy atom. The summed E-state index contributed by atoms with van der Waals surface area (Å²) in [6.45, 7) is 2.90. The predicted molar refractivity (Wildman–Crippen MR) is 69.0 cm³/mol. The Hall–Kier alpha value is -1.49. The normalized spacial score (nSPS) is 12.6. The number of nitrogen functional groups attached to an aromatic ring is 1. The molecule has 1 unspecified atom stereocenters. The predicted octanol–water partition coefficient (Wildman–Crippen LogP) is 1.78. The van der Waals surface area contributed by atoms with Gasteiger partial charge in [0.05, 0.1) is 18.5 Å². The molecular weight excluding hydrogens is 221 g/mol. The van der Waals surface area contributed by atoms with Gasteiger partial charge in [0.2, 0.25) is 0 Å². The van der Waals surface area contributed by atoms with Crippen molar-refractivity contribution in [3.05, 3.63) is 17.9 Å². The van der Waals surface area contributed by atoms with Gasteiger partial charge < -0.3 is 20.7 Å². The molecule has 1 atom stereocenters. The monoisotopic (exact) mass is 241 g/mol. The Labute approximate surface area is 102 Å². The molecule has 0 heterocycles. The van der Waals surface area contributed by atoms with Crippen LogP contribution in [-0.2, 0) is 0 Å². The number of rotatable bonds is 5. The number of halogens is 1. The van der Waals surface area contributed by atoms with E-state index < -0.39 is 5.82 Å². The van der Waals surface area contributed by atoms with Crippen LogP contribution in [0.1, 0.15) is 6.92 Å². The van der Waals surface area contributed by atoms with Gasteiger partial charge in [-0.2, -0.15) is 0 Å². The number of nitrogens with two attached hydrogens (primary N) is 1. The highest BCUT2D eigenvalue weighted by Gasteiger charge is 2.10. The molecule has 0 fully saturated rings. The maximum Gasteiger partial charge on any atom is 0.167 e. The van der Waals surface area contributed by atoms with Crippen molar-refractivity contribution in [2.24, 2.45) is 0 Å². The zero-order valence-electron chi connectivity index (χ0n) is 10.7. The Kier molecular flexibility index (Phi) is 4.57. The second-order valence-electron chi connectivity index (χ2n) is 4.38. The van der Waals surface area contributed by atoms with Gasteiger partial charge in [0.15, 0.2) is 11.6 Å². The van der Waals surface area contributed by atoms with Crippen LogP contribution in [-0.4, -0.2) is 38.7 Å². The summed E-state index contributed by atoms with van der Waals surface area (Å²) in [4.78, 5) is 2.06. The SMILES string of the molecule is COc1cc(NC(C)CN(C)C)c(N)cc1F. The van der Waals surface area contributed by atoms with Crippen LogP contribution in [0.4, 0.5) is 15.8 Å². The zero-order chi connectivity index (χ0) is 13.0. The lowest BCUT2D eigenvalue weighted by molar-refractivity contribution is 0.385. The fourth-order valence-electron chi connectivity index (χ4n) is 1.71. The van der Waals surface area contributed by atoms with Crippen molar-refractivity contribution < 1.29 is 9.13 Å².